The van der Waals surface area contributed by atoms with Gasteiger partial charge in [0.15, 0.2) is 0 Å². The number of hydrogen-bond acceptors (Lipinski definition) is 3. The maximum atomic E-state index is 8.81. The van der Waals surface area contributed by atoms with Crippen LogP contribution in [0.3, 0.4) is 0 Å². The van der Waals surface area contributed by atoms with Gasteiger partial charge in [-0.15, -0.1) is 0 Å². The van der Waals surface area contributed by atoms with Gasteiger partial charge in [-0.25, -0.2) is 0 Å². The summed E-state index contributed by atoms with van der Waals surface area (Å²) in [6.07, 6.45) is 1.88. The Bertz CT molecular complexity index is 168. The topological polar surface area (TPSA) is 43.7 Å². The van der Waals surface area contributed by atoms with Crippen LogP contribution in [0.1, 0.15) is 13.8 Å². The van der Waals surface area contributed by atoms with Crippen molar-refractivity contribution in [2.45, 2.75) is 19.9 Å². The zero-order valence-electron chi connectivity index (χ0n) is 6.99. The number of hydrogen-bond donors (Lipinski definition) is 2. The molecule has 11 heavy (non-hydrogen) atoms. The summed E-state index contributed by atoms with van der Waals surface area (Å²) in [6, 6.07) is 0.475. The van der Waals surface area contributed by atoms with Crippen molar-refractivity contribution in [2.24, 2.45) is 0 Å². The van der Waals surface area contributed by atoms with Crippen LogP contribution in [0.25, 0.3) is 0 Å². The van der Waals surface area contributed by atoms with Crippen molar-refractivity contribution in [1.29, 1.82) is 0 Å². The zero-order chi connectivity index (χ0) is 8.43. The summed E-state index contributed by atoms with van der Waals surface area (Å²) in [5.74, 6) is 0. The second kappa shape index (κ2) is 3.39. The minimum absolute atomic E-state index is 0.475. The predicted molar refractivity (Wildman–Crippen MR) is 45.0 cm³/mol. The molecule has 0 saturated carbocycles. The molecule has 1 aliphatic heterocycles. The minimum Gasteiger partial charge on any atom is -0.423 e. The normalized spacial score (nSPS) is 19.2. The second-order valence-electron chi connectivity index (χ2n) is 3.18. The summed E-state index contributed by atoms with van der Waals surface area (Å²) in [6.45, 7) is 5.72. The summed E-state index contributed by atoms with van der Waals surface area (Å²) in [7, 11) is -1.27. The Balaban J connectivity index is 2.43. The predicted octanol–water partition coefficient (Wildman–Crippen LogP) is -0.351. The van der Waals surface area contributed by atoms with Crippen molar-refractivity contribution in [1.82, 2.24) is 4.90 Å². The first kappa shape index (κ1) is 8.78. The lowest BCUT2D eigenvalue weighted by molar-refractivity contribution is 0.283. The van der Waals surface area contributed by atoms with Gasteiger partial charge < -0.3 is 10.0 Å². The summed E-state index contributed by atoms with van der Waals surface area (Å²) in [5.41, 5.74) is 0.721. The lowest BCUT2D eigenvalue weighted by Gasteiger charge is -2.19. The lowest BCUT2D eigenvalue weighted by Crippen LogP contribution is -2.30. The molecular formula is C7H14BNO2. The third-order valence-corrected chi connectivity index (χ3v) is 2.04. The van der Waals surface area contributed by atoms with Crippen LogP contribution in [0.15, 0.2) is 11.5 Å². The molecule has 0 aromatic carbocycles. The van der Waals surface area contributed by atoms with Gasteiger partial charge in [-0.3, -0.25) is 4.90 Å². The smallest absolute Gasteiger partial charge is 0.423 e. The maximum absolute atomic E-state index is 8.81. The zero-order valence-corrected chi connectivity index (χ0v) is 6.99. The van der Waals surface area contributed by atoms with E-state index in [9.17, 15) is 0 Å². The van der Waals surface area contributed by atoms with Crippen LogP contribution in [0.5, 0.6) is 0 Å². The second-order valence-corrected chi connectivity index (χ2v) is 3.18. The highest BCUT2D eigenvalue weighted by Crippen LogP contribution is 2.12. The molecule has 4 heteroatoms. The van der Waals surface area contributed by atoms with Crippen LogP contribution in [-0.2, 0) is 0 Å². The molecule has 1 heterocycles. The monoisotopic (exact) mass is 155 g/mol. The van der Waals surface area contributed by atoms with Crippen LogP contribution in [0.4, 0.5) is 0 Å². The fraction of sp³-hybridized carbons (Fsp3) is 0.714. The molecule has 0 bridgehead atoms. The van der Waals surface area contributed by atoms with Gasteiger partial charge in [0.25, 0.3) is 0 Å². The van der Waals surface area contributed by atoms with Gasteiger partial charge in [-0.1, -0.05) is 6.08 Å². The third-order valence-electron chi connectivity index (χ3n) is 2.04. The average molecular weight is 155 g/mol. The fourth-order valence-electron chi connectivity index (χ4n) is 1.18. The molecule has 0 spiro atoms. The summed E-state index contributed by atoms with van der Waals surface area (Å²) < 4.78 is 0. The van der Waals surface area contributed by atoms with Crippen molar-refractivity contribution >= 4 is 7.12 Å². The van der Waals surface area contributed by atoms with Crippen LogP contribution >= 0.6 is 0 Å². The molecule has 2 N–H and O–H groups in total. The Labute approximate surface area is 67.5 Å². The van der Waals surface area contributed by atoms with E-state index in [0.717, 1.165) is 12.0 Å². The van der Waals surface area contributed by atoms with Crippen LogP contribution in [-0.4, -0.2) is 41.2 Å². The van der Waals surface area contributed by atoms with E-state index in [1.807, 2.05) is 6.08 Å². The molecule has 0 saturated heterocycles. The highest BCUT2D eigenvalue weighted by molar-refractivity contribution is 6.51. The summed E-state index contributed by atoms with van der Waals surface area (Å²) >= 11 is 0. The minimum atomic E-state index is -1.27. The third kappa shape index (κ3) is 2.05. The fourth-order valence-corrected chi connectivity index (χ4v) is 1.18. The van der Waals surface area contributed by atoms with Gasteiger partial charge in [0, 0.05) is 19.1 Å². The Morgan fingerprint density at radius 1 is 1.55 bits per heavy atom. The van der Waals surface area contributed by atoms with E-state index in [2.05, 4.69) is 18.7 Å². The highest BCUT2D eigenvalue weighted by Gasteiger charge is 2.23. The van der Waals surface area contributed by atoms with Gasteiger partial charge in [0.05, 0.1) is 0 Å². The first-order valence-corrected chi connectivity index (χ1v) is 3.90. The van der Waals surface area contributed by atoms with Gasteiger partial charge in [0.2, 0.25) is 0 Å². The van der Waals surface area contributed by atoms with Crippen molar-refractivity contribution in [2.75, 3.05) is 13.1 Å². The molecule has 0 radical (unpaired) electrons. The standard InChI is InChI=1S/C7H14BNO2/c1-6(2)9-4-3-7(5-9)8(10)11/h3,6,10-11H,4-5H2,1-2H3. The Morgan fingerprint density at radius 3 is 2.45 bits per heavy atom. The van der Waals surface area contributed by atoms with Crippen LogP contribution in [0.2, 0.25) is 0 Å². The van der Waals surface area contributed by atoms with E-state index in [4.69, 9.17) is 10.0 Å². The first-order valence-electron chi connectivity index (χ1n) is 3.90. The first-order chi connectivity index (χ1) is 5.11. The van der Waals surface area contributed by atoms with E-state index in [0.29, 0.717) is 12.6 Å². The Morgan fingerprint density at radius 2 is 2.18 bits per heavy atom. The molecule has 1 rings (SSSR count). The maximum Gasteiger partial charge on any atom is 0.485 e. The van der Waals surface area contributed by atoms with E-state index >= 15 is 0 Å². The van der Waals surface area contributed by atoms with E-state index in [1.165, 1.54) is 0 Å². The number of nitrogens with zero attached hydrogens (tertiary/aromatic N) is 1. The van der Waals surface area contributed by atoms with E-state index in [1.54, 1.807) is 0 Å². The quantitative estimate of drug-likeness (QED) is 0.535. The summed E-state index contributed by atoms with van der Waals surface area (Å²) in [5, 5.41) is 17.6. The van der Waals surface area contributed by atoms with Crippen molar-refractivity contribution in [3.8, 4) is 0 Å². The highest BCUT2D eigenvalue weighted by atomic mass is 16.4. The molecule has 0 aliphatic carbocycles. The van der Waals surface area contributed by atoms with Gasteiger partial charge >= 0.3 is 7.12 Å². The number of rotatable bonds is 2. The molecule has 0 unspecified atom stereocenters. The van der Waals surface area contributed by atoms with Crippen molar-refractivity contribution in [3.63, 3.8) is 0 Å². The molecule has 3 nitrogen and oxygen atoms in total. The van der Waals surface area contributed by atoms with Crippen LogP contribution < -0.4 is 0 Å². The molecule has 0 aromatic heterocycles. The van der Waals surface area contributed by atoms with Gasteiger partial charge in [-0.2, -0.15) is 0 Å². The molecule has 0 amide bonds. The lowest BCUT2D eigenvalue weighted by atomic mass is 9.80. The van der Waals surface area contributed by atoms with Gasteiger partial charge in [0.1, 0.15) is 0 Å². The molecule has 1 aliphatic rings. The van der Waals surface area contributed by atoms with Crippen LogP contribution in [0, 0.1) is 0 Å². The summed E-state index contributed by atoms with van der Waals surface area (Å²) in [4.78, 5) is 2.18. The Kier molecular flexibility index (Phi) is 2.70. The molecule has 0 aromatic rings. The van der Waals surface area contributed by atoms with Crippen molar-refractivity contribution in [3.05, 3.63) is 11.5 Å². The average Bonchev–Trinajstić information content (AvgIpc) is 2.33. The molecular weight excluding hydrogens is 141 g/mol. The van der Waals surface area contributed by atoms with Crippen molar-refractivity contribution < 1.29 is 10.0 Å². The Hall–Kier alpha value is -0.315. The SMILES string of the molecule is CC(C)N1CC=C(B(O)O)C1. The molecule has 0 fully saturated rings. The molecule has 62 valence electrons. The van der Waals surface area contributed by atoms with E-state index < -0.39 is 7.12 Å². The van der Waals surface area contributed by atoms with E-state index in [-0.39, 0.29) is 0 Å². The van der Waals surface area contributed by atoms with Gasteiger partial charge in [-0.05, 0) is 19.3 Å². The molecule has 0 atom stereocenters. The largest absolute Gasteiger partial charge is 0.485 e.